The summed E-state index contributed by atoms with van der Waals surface area (Å²) in [5, 5.41) is 7.12. The summed E-state index contributed by atoms with van der Waals surface area (Å²) in [4.78, 5) is 12.5. The van der Waals surface area contributed by atoms with E-state index in [1.165, 1.54) is 6.20 Å². The maximum atomic E-state index is 12.3. The minimum atomic E-state index is -5.08. The highest BCUT2D eigenvalue weighted by atomic mass is 19.4. The Labute approximate surface area is 114 Å². The summed E-state index contributed by atoms with van der Waals surface area (Å²) >= 11 is 0. The van der Waals surface area contributed by atoms with E-state index >= 15 is 0 Å². The van der Waals surface area contributed by atoms with Crippen LogP contribution < -0.4 is 5.73 Å². The van der Waals surface area contributed by atoms with E-state index in [2.05, 4.69) is 4.98 Å². The zero-order valence-electron chi connectivity index (χ0n) is 10.3. The van der Waals surface area contributed by atoms with Gasteiger partial charge in [0, 0.05) is 17.9 Å². The highest BCUT2D eigenvalue weighted by Crippen LogP contribution is 2.43. The summed E-state index contributed by atoms with van der Waals surface area (Å²) in [5.41, 5.74) is 4.96. The normalized spacial score (nSPS) is 16.7. The maximum absolute atomic E-state index is 12.3. The number of carboxylic acids is 1. The number of aliphatic carboxylic acids is 1. The first kappa shape index (κ1) is 17.2. The van der Waals surface area contributed by atoms with Crippen molar-refractivity contribution in [2.45, 2.75) is 30.7 Å². The summed E-state index contributed by atoms with van der Waals surface area (Å²) < 4.78 is 68.6. The van der Waals surface area contributed by atoms with E-state index in [0.717, 1.165) is 25.1 Å². The number of nitrogens with zero attached hydrogens (tertiary/aromatic N) is 1. The second kappa shape index (κ2) is 5.51. The number of alkyl halides is 6. The van der Waals surface area contributed by atoms with Crippen molar-refractivity contribution >= 4 is 5.97 Å². The Bertz CT molecular complexity index is 502. The van der Waals surface area contributed by atoms with Gasteiger partial charge in [-0.05, 0) is 24.5 Å². The Morgan fingerprint density at radius 3 is 2.00 bits per heavy atom. The molecule has 0 amide bonds. The second-order valence-electron chi connectivity index (χ2n) is 4.42. The molecule has 4 nitrogen and oxygen atoms in total. The minimum absolute atomic E-state index is 0.479. The quantitative estimate of drug-likeness (QED) is 0.781. The summed E-state index contributed by atoms with van der Waals surface area (Å²) in [7, 11) is 0. The summed E-state index contributed by atoms with van der Waals surface area (Å²) in [6, 6.07) is 1.08. The lowest BCUT2D eigenvalue weighted by molar-refractivity contribution is -0.192. The molecule has 118 valence electrons. The van der Waals surface area contributed by atoms with Crippen molar-refractivity contribution in [3.8, 4) is 0 Å². The number of halogens is 6. The summed E-state index contributed by atoms with van der Waals surface area (Å²) in [6.07, 6.45) is -5.74. The number of hydrogen-bond donors (Lipinski definition) is 2. The number of nitrogens with two attached hydrogens (primary N) is 1. The Balaban J connectivity index is 0.000000270. The molecule has 1 aliphatic carbocycles. The van der Waals surface area contributed by atoms with Crippen LogP contribution in [0.25, 0.3) is 0 Å². The van der Waals surface area contributed by atoms with Gasteiger partial charge < -0.3 is 10.8 Å². The van der Waals surface area contributed by atoms with Crippen molar-refractivity contribution in [3.05, 3.63) is 29.6 Å². The van der Waals surface area contributed by atoms with E-state index in [0.29, 0.717) is 5.56 Å². The third-order valence-electron chi connectivity index (χ3n) is 2.67. The van der Waals surface area contributed by atoms with Gasteiger partial charge in [-0.25, -0.2) is 4.79 Å². The Hall–Kier alpha value is -1.84. The van der Waals surface area contributed by atoms with Crippen molar-refractivity contribution in [1.82, 2.24) is 4.98 Å². The van der Waals surface area contributed by atoms with Crippen molar-refractivity contribution in [1.29, 1.82) is 0 Å². The lowest BCUT2D eigenvalue weighted by Gasteiger charge is -2.11. The monoisotopic (exact) mass is 316 g/mol. The average Bonchev–Trinajstić information content (AvgIpc) is 3.07. The van der Waals surface area contributed by atoms with Gasteiger partial charge in [0.25, 0.3) is 0 Å². The van der Waals surface area contributed by atoms with Gasteiger partial charge in [0.2, 0.25) is 0 Å². The van der Waals surface area contributed by atoms with Crippen LogP contribution in [-0.4, -0.2) is 22.2 Å². The van der Waals surface area contributed by atoms with Gasteiger partial charge in [-0.1, -0.05) is 0 Å². The van der Waals surface area contributed by atoms with E-state index in [4.69, 9.17) is 15.6 Å². The second-order valence-corrected chi connectivity index (χ2v) is 4.42. The molecule has 2 rings (SSSR count). The van der Waals surface area contributed by atoms with Crippen molar-refractivity contribution in [2.75, 3.05) is 0 Å². The number of carboxylic acid groups (broad SMARTS) is 1. The fourth-order valence-electron chi connectivity index (χ4n) is 1.29. The molecule has 1 aromatic rings. The highest BCUT2D eigenvalue weighted by molar-refractivity contribution is 5.73. The lowest BCUT2D eigenvalue weighted by atomic mass is 10.1. The molecule has 0 aliphatic heterocycles. The predicted molar refractivity (Wildman–Crippen MR) is 58.0 cm³/mol. The van der Waals surface area contributed by atoms with Gasteiger partial charge in [-0.2, -0.15) is 26.3 Å². The number of rotatable bonds is 1. The molecule has 0 saturated heterocycles. The first-order chi connectivity index (χ1) is 9.36. The molecule has 1 aliphatic rings. The van der Waals surface area contributed by atoms with E-state index in [9.17, 15) is 26.3 Å². The molecule has 0 atom stereocenters. The molecule has 1 heterocycles. The molecule has 1 saturated carbocycles. The Morgan fingerprint density at radius 1 is 1.19 bits per heavy atom. The Morgan fingerprint density at radius 2 is 1.67 bits per heavy atom. The van der Waals surface area contributed by atoms with Crippen LogP contribution in [0.4, 0.5) is 26.3 Å². The van der Waals surface area contributed by atoms with Gasteiger partial charge in [-0.15, -0.1) is 0 Å². The number of aromatic nitrogens is 1. The maximum Gasteiger partial charge on any atom is 0.490 e. The van der Waals surface area contributed by atoms with Crippen molar-refractivity contribution < 1.29 is 36.2 Å². The van der Waals surface area contributed by atoms with E-state index in [-0.39, 0.29) is 0 Å². The van der Waals surface area contributed by atoms with Crippen LogP contribution in [0.15, 0.2) is 18.5 Å². The standard InChI is InChI=1S/C9H9F3N2.C2HF3O2/c10-9(11,12)7-3-6(4-14-5-7)8(13)1-2-8;3-2(4,5)1(6)7/h3-5H,1-2,13H2;(H,6,7). The number of carbonyl (C=O) groups is 1. The number of pyridine rings is 1. The molecular formula is C11H10F6N2O2. The van der Waals surface area contributed by atoms with Gasteiger partial charge in [0.15, 0.2) is 0 Å². The molecule has 0 unspecified atom stereocenters. The average molecular weight is 316 g/mol. The van der Waals surface area contributed by atoms with Crippen LogP contribution in [0.3, 0.4) is 0 Å². The first-order valence-electron chi connectivity index (χ1n) is 5.48. The van der Waals surface area contributed by atoms with Crippen LogP contribution in [0.1, 0.15) is 24.0 Å². The Kier molecular flexibility index (Phi) is 4.51. The smallest absolute Gasteiger partial charge is 0.475 e. The van der Waals surface area contributed by atoms with Crippen LogP contribution in [0.5, 0.6) is 0 Å². The lowest BCUT2D eigenvalue weighted by Crippen LogP contribution is -2.21. The van der Waals surface area contributed by atoms with Gasteiger partial charge in [0.05, 0.1) is 5.56 Å². The third kappa shape index (κ3) is 4.88. The minimum Gasteiger partial charge on any atom is -0.475 e. The zero-order chi connectivity index (χ0) is 16.5. The van der Waals surface area contributed by atoms with Gasteiger partial charge >= 0.3 is 18.3 Å². The van der Waals surface area contributed by atoms with E-state index in [1.54, 1.807) is 0 Å². The molecule has 1 fully saturated rings. The molecule has 1 aromatic heterocycles. The fraction of sp³-hybridized carbons (Fsp3) is 0.455. The predicted octanol–water partition coefficient (Wildman–Crippen LogP) is 2.68. The first-order valence-corrected chi connectivity index (χ1v) is 5.48. The third-order valence-corrected chi connectivity index (χ3v) is 2.67. The molecule has 0 aromatic carbocycles. The van der Waals surface area contributed by atoms with E-state index < -0.39 is 29.4 Å². The highest BCUT2D eigenvalue weighted by Gasteiger charge is 2.42. The molecule has 3 N–H and O–H groups in total. The van der Waals surface area contributed by atoms with Crippen molar-refractivity contribution in [2.24, 2.45) is 5.73 Å². The van der Waals surface area contributed by atoms with E-state index in [1.807, 2.05) is 0 Å². The summed E-state index contributed by atoms with van der Waals surface area (Å²) in [5.74, 6) is -2.76. The topological polar surface area (TPSA) is 76.2 Å². The zero-order valence-corrected chi connectivity index (χ0v) is 10.3. The van der Waals surface area contributed by atoms with Gasteiger partial charge in [0.1, 0.15) is 0 Å². The molecular weight excluding hydrogens is 306 g/mol. The SMILES string of the molecule is NC1(c2cncc(C(F)(F)F)c2)CC1.O=C(O)C(F)(F)F. The molecule has 0 bridgehead atoms. The van der Waals surface area contributed by atoms with Crippen LogP contribution in [-0.2, 0) is 16.5 Å². The van der Waals surface area contributed by atoms with Crippen LogP contribution >= 0.6 is 0 Å². The molecule has 10 heteroatoms. The largest absolute Gasteiger partial charge is 0.490 e. The fourth-order valence-corrected chi connectivity index (χ4v) is 1.29. The molecule has 0 spiro atoms. The molecule has 0 radical (unpaired) electrons. The summed E-state index contributed by atoms with van der Waals surface area (Å²) in [6.45, 7) is 0. The van der Waals surface area contributed by atoms with Crippen LogP contribution in [0, 0.1) is 0 Å². The van der Waals surface area contributed by atoms with Gasteiger partial charge in [-0.3, -0.25) is 4.98 Å². The number of hydrogen-bond acceptors (Lipinski definition) is 3. The van der Waals surface area contributed by atoms with Crippen LogP contribution in [0.2, 0.25) is 0 Å². The molecule has 21 heavy (non-hydrogen) atoms. The van der Waals surface area contributed by atoms with Crippen molar-refractivity contribution in [3.63, 3.8) is 0 Å².